The van der Waals surface area contributed by atoms with Crippen LogP contribution >= 0.6 is 0 Å². The Kier molecular flexibility index (Phi) is 3.35. The fraction of sp³-hybridized carbons (Fsp3) is 0.200. The van der Waals surface area contributed by atoms with Crippen molar-refractivity contribution in [3.8, 4) is 11.1 Å². The molecule has 0 spiro atoms. The molecule has 3 aromatic rings. The van der Waals surface area contributed by atoms with Crippen LogP contribution in [0.3, 0.4) is 0 Å². The van der Waals surface area contributed by atoms with Gasteiger partial charge in [-0.1, -0.05) is 18.2 Å². The number of nitrogens with zero attached hydrogens (tertiary/aromatic N) is 3. The number of nitrogens with two attached hydrogens (primary N) is 1. The van der Waals surface area contributed by atoms with Crippen molar-refractivity contribution in [2.45, 2.75) is 0 Å². The highest BCUT2D eigenvalue weighted by molar-refractivity contribution is 5.95. The minimum absolute atomic E-state index is 0.564. The predicted molar refractivity (Wildman–Crippen MR) is 81.5 cm³/mol. The molecule has 1 aromatic carbocycles. The molecule has 0 atom stereocenters. The third-order valence-electron chi connectivity index (χ3n) is 3.29. The Morgan fingerprint density at radius 2 is 1.95 bits per heavy atom. The van der Waals surface area contributed by atoms with Crippen LogP contribution < -0.4 is 11.1 Å². The molecule has 0 radical (unpaired) electrons. The highest BCUT2D eigenvalue weighted by atomic mass is 15.1. The van der Waals surface area contributed by atoms with Gasteiger partial charge >= 0.3 is 0 Å². The average molecular weight is 267 g/mol. The van der Waals surface area contributed by atoms with E-state index in [0.29, 0.717) is 19.0 Å². The van der Waals surface area contributed by atoms with Crippen molar-refractivity contribution in [1.82, 2.24) is 14.5 Å². The van der Waals surface area contributed by atoms with Crippen molar-refractivity contribution < 1.29 is 0 Å². The zero-order chi connectivity index (χ0) is 13.9. The van der Waals surface area contributed by atoms with Crippen LogP contribution in [0.4, 0.5) is 5.95 Å². The van der Waals surface area contributed by atoms with Gasteiger partial charge in [0, 0.05) is 60.8 Å². The summed E-state index contributed by atoms with van der Waals surface area (Å²) < 4.78 is 2.12. The van der Waals surface area contributed by atoms with Crippen LogP contribution in [0.25, 0.3) is 22.0 Å². The second kappa shape index (κ2) is 5.30. The fourth-order valence-corrected chi connectivity index (χ4v) is 2.31. The Morgan fingerprint density at radius 3 is 2.70 bits per heavy atom. The normalized spacial score (nSPS) is 10.9. The number of hydrogen-bond acceptors (Lipinski definition) is 4. The van der Waals surface area contributed by atoms with Crippen LogP contribution in [-0.2, 0) is 7.05 Å². The van der Waals surface area contributed by atoms with Crippen LogP contribution in [0, 0.1) is 0 Å². The summed E-state index contributed by atoms with van der Waals surface area (Å²) in [5.41, 5.74) is 8.80. The van der Waals surface area contributed by atoms with Gasteiger partial charge in [-0.3, -0.25) is 0 Å². The Balaban J connectivity index is 1.99. The summed E-state index contributed by atoms with van der Waals surface area (Å²) in [5, 5.41) is 4.27. The van der Waals surface area contributed by atoms with Crippen LogP contribution in [0.1, 0.15) is 0 Å². The third kappa shape index (κ3) is 2.23. The molecular formula is C15H17N5. The first kappa shape index (κ1) is 12.6. The summed E-state index contributed by atoms with van der Waals surface area (Å²) in [6.07, 6.45) is 5.79. The zero-order valence-electron chi connectivity index (χ0n) is 11.4. The van der Waals surface area contributed by atoms with Crippen LogP contribution in [0.2, 0.25) is 0 Å². The fourth-order valence-electron chi connectivity index (χ4n) is 2.31. The van der Waals surface area contributed by atoms with Crippen molar-refractivity contribution >= 4 is 16.9 Å². The van der Waals surface area contributed by atoms with Gasteiger partial charge in [0.05, 0.1) is 0 Å². The van der Waals surface area contributed by atoms with Crippen molar-refractivity contribution in [3.63, 3.8) is 0 Å². The van der Waals surface area contributed by atoms with Gasteiger partial charge in [-0.15, -0.1) is 0 Å². The van der Waals surface area contributed by atoms with Crippen molar-refractivity contribution in [2.75, 3.05) is 18.4 Å². The van der Waals surface area contributed by atoms with E-state index in [1.54, 1.807) is 0 Å². The number of rotatable bonds is 4. The maximum Gasteiger partial charge on any atom is 0.222 e. The molecule has 2 heterocycles. The maximum atomic E-state index is 5.44. The molecule has 20 heavy (non-hydrogen) atoms. The lowest BCUT2D eigenvalue weighted by Gasteiger charge is -2.03. The minimum Gasteiger partial charge on any atom is -0.353 e. The Bertz CT molecular complexity index is 715. The lowest BCUT2D eigenvalue weighted by Crippen LogP contribution is -2.14. The SMILES string of the molecule is Cn1cc(-c2cnc(NCCN)nc2)c2ccccc21. The third-order valence-corrected chi connectivity index (χ3v) is 3.29. The number of aryl methyl sites for hydroxylation is 1. The van der Waals surface area contributed by atoms with Gasteiger partial charge in [-0.05, 0) is 6.07 Å². The molecule has 0 bridgehead atoms. The van der Waals surface area contributed by atoms with Gasteiger partial charge in [0.25, 0.3) is 0 Å². The number of aromatic nitrogens is 3. The van der Waals surface area contributed by atoms with Gasteiger partial charge in [-0.25, -0.2) is 9.97 Å². The number of benzene rings is 1. The van der Waals surface area contributed by atoms with E-state index in [-0.39, 0.29) is 0 Å². The summed E-state index contributed by atoms with van der Waals surface area (Å²) in [7, 11) is 2.05. The summed E-state index contributed by atoms with van der Waals surface area (Å²) in [6.45, 7) is 1.24. The number of para-hydroxylation sites is 1. The van der Waals surface area contributed by atoms with Crippen molar-refractivity contribution in [2.24, 2.45) is 12.8 Å². The minimum atomic E-state index is 0.564. The molecule has 3 N–H and O–H groups in total. The standard InChI is InChI=1S/C15H17N5/c1-20-10-13(12-4-2-3-5-14(12)20)11-8-18-15(19-9-11)17-7-6-16/h2-5,8-10H,6-7,16H2,1H3,(H,17,18,19). The first-order valence-electron chi connectivity index (χ1n) is 6.60. The lowest BCUT2D eigenvalue weighted by atomic mass is 10.1. The Labute approximate surface area is 117 Å². The van der Waals surface area contributed by atoms with Crippen LogP contribution in [0.15, 0.2) is 42.9 Å². The molecule has 3 rings (SSSR count). The molecule has 0 fully saturated rings. The second-order valence-electron chi connectivity index (χ2n) is 4.68. The Morgan fingerprint density at radius 1 is 1.20 bits per heavy atom. The van der Waals surface area contributed by atoms with E-state index in [9.17, 15) is 0 Å². The lowest BCUT2D eigenvalue weighted by molar-refractivity contribution is 0.969. The topological polar surface area (TPSA) is 68.8 Å². The number of fused-ring (bicyclic) bond motifs is 1. The van der Waals surface area contributed by atoms with Gasteiger partial charge in [0.1, 0.15) is 0 Å². The molecule has 0 saturated heterocycles. The summed E-state index contributed by atoms with van der Waals surface area (Å²) in [6, 6.07) is 8.31. The molecule has 0 unspecified atom stereocenters. The van der Waals surface area contributed by atoms with E-state index in [4.69, 9.17) is 5.73 Å². The van der Waals surface area contributed by atoms with Crippen molar-refractivity contribution in [3.05, 3.63) is 42.9 Å². The van der Waals surface area contributed by atoms with Gasteiger partial charge < -0.3 is 15.6 Å². The number of anilines is 1. The van der Waals surface area contributed by atoms with Gasteiger partial charge in [-0.2, -0.15) is 0 Å². The molecule has 0 amide bonds. The Hall–Kier alpha value is -2.40. The van der Waals surface area contributed by atoms with E-state index in [1.807, 2.05) is 31.6 Å². The van der Waals surface area contributed by atoms with E-state index < -0.39 is 0 Å². The van der Waals surface area contributed by atoms with E-state index in [1.165, 1.54) is 10.9 Å². The molecular weight excluding hydrogens is 250 g/mol. The monoisotopic (exact) mass is 267 g/mol. The molecule has 2 aromatic heterocycles. The molecule has 5 heteroatoms. The van der Waals surface area contributed by atoms with Gasteiger partial charge in [0.2, 0.25) is 5.95 Å². The first-order valence-corrected chi connectivity index (χ1v) is 6.60. The van der Waals surface area contributed by atoms with Gasteiger partial charge in [0.15, 0.2) is 0 Å². The summed E-state index contributed by atoms with van der Waals surface area (Å²) in [4.78, 5) is 8.64. The average Bonchev–Trinajstić information content (AvgIpc) is 2.83. The quantitative estimate of drug-likeness (QED) is 0.758. The van der Waals surface area contributed by atoms with Crippen molar-refractivity contribution in [1.29, 1.82) is 0 Å². The maximum absolute atomic E-state index is 5.44. The molecule has 0 saturated carbocycles. The molecule has 102 valence electrons. The van der Waals surface area contributed by atoms with E-state index in [2.05, 4.69) is 38.2 Å². The smallest absolute Gasteiger partial charge is 0.222 e. The summed E-state index contributed by atoms with van der Waals surface area (Å²) >= 11 is 0. The highest BCUT2D eigenvalue weighted by Crippen LogP contribution is 2.29. The zero-order valence-corrected chi connectivity index (χ0v) is 11.4. The number of nitrogens with one attached hydrogen (secondary N) is 1. The number of hydrogen-bond donors (Lipinski definition) is 2. The molecule has 0 aliphatic carbocycles. The largest absolute Gasteiger partial charge is 0.353 e. The summed E-state index contributed by atoms with van der Waals surface area (Å²) in [5.74, 6) is 0.611. The molecule has 0 aliphatic heterocycles. The molecule has 0 aliphatic rings. The van der Waals surface area contributed by atoms with E-state index >= 15 is 0 Å². The first-order chi connectivity index (χ1) is 9.79. The van der Waals surface area contributed by atoms with E-state index in [0.717, 1.165) is 11.1 Å². The van der Waals surface area contributed by atoms with Crippen LogP contribution in [0.5, 0.6) is 0 Å². The highest BCUT2D eigenvalue weighted by Gasteiger charge is 2.08. The predicted octanol–water partition coefficient (Wildman–Crippen LogP) is 2.01. The second-order valence-corrected chi connectivity index (χ2v) is 4.68. The van der Waals surface area contributed by atoms with Crippen LogP contribution in [-0.4, -0.2) is 27.6 Å². The molecule has 5 nitrogen and oxygen atoms in total.